The fourth-order valence-electron chi connectivity index (χ4n) is 2.24. The van der Waals surface area contributed by atoms with Crippen molar-refractivity contribution in [2.45, 2.75) is 32.0 Å². The minimum absolute atomic E-state index is 0.127. The van der Waals surface area contributed by atoms with E-state index in [2.05, 4.69) is 15.9 Å². The van der Waals surface area contributed by atoms with Gasteiger partial charge in [0, 0.05) is 15.4 Å². The summed E-state index contributed by atoms with van der Waals surface area (Å²) in [5, 5.41) is 9.33. The summed E-state index contributed by atoms with van der Waals surface area (Å²) in [4.78, 5) is 25.7. The molecule has 1 aromatic rings. The molecular formula is C12H13BrClNO4S. The van der Waals surface area contributed by atoms with Crippen molar-refractivity contribution in [2.24, 2.45) is 0 Å². The van der Waals surface area contributed by atoms with Gasteiger partial charge in [-0.3, -0.25) is 4.79 Å². The fraction of sp³-hybridized carbons (Fsp3) is 0.500. The van der Waals surface area contributed by atoms with Crippen molar-refractivity contribution in [3.63, 3.8) is 0 Å². The zero-order chi connectivity index (χ0) is 15.0. The third kappa shape index (κ3) is 2.86. The van der Waals surface area contributed by atoms with E-state index in [0.29, 0.717) is 13.7 Å². The summed E-state index contributed by atoms with van der Waals surface area (Å²) >= 11 is 10.6. The molecule has 0 bridgehead atoms. The molecule has 1 fully saturated rings. The number of hydrogen-bond donors (Lipinski definition) is 1. The molecular weight excluding hydrogens is 370 g/mol. The molecule has 1 aliphatic rings. The quantitative estimate of drug-likeness (QED) is 0.873. The molecule has 0 aromatic carbocycles. The summed E-state index contributed by atoms with van der Waals surface area (Å²) < 4.78 is 6.41. The molecule has 2 rings (SSSR count). The Morgan fingerprint density at radius 3 is 2.75 bits per heavy atom. The first kappa shape index (κ1) is 15.8. The number of hydrogen-bond acceptors (Lipinski definition) is 4. The Morgan fingerprint density at radius 1 is 1.65 bits per heavy atom. The molecule has 110 valence electrons. The van der Waals surface area contributed by atoms with Gasteiger partial charge < -0.3 is 14.7 Å². The van der Waals surface area contributed by atoms with E-state index in [-0.39, 0.29) is 18.6 Å². The monoisotopic (exact) mass is 381 g/mol. The van der Waals surface area contributed by atoms with Crippen molar-refractivity contribution in [3.05, 3.63) is 19.8 Å². The highest BCUT2D eigenvalue weighted by Crippen LogP contribution is 2.41. The smallest absolute Gasteiger partial charge is 0.335 e. The Labute approximate surface area is 133 Å². The molecule has 2 unspecified atom stereocenters. The van der Waals surface area contributed by atoms with E-state index in [0.717, 1.165) is 0 Å². The summed E-state index contributed by atoms with van der Waals surface area (Å²) in [6.45, 7) is 3.48. The van der Waals surface area contributed by atoms with Gasteiger partial charge in [0.2, 0.25) is 5.91 Å². The van der Waals surface area contributed by atoms with Crippen LogP contribution < -0.4 is 0 Å². The maximum atomic E-state index is 12.0. The molecule has 1 N–H and O–H groups in total. The third-order valence-electron chi connectivity index (χ3n) is 3.02. The number of nitrogens with zero attached hydrogens (tertiary/aromatic N) is 1. The van der Waals surface area contributed by atoms with Gasteiger partial charge in [-0.2, -0.15) is 0 Å². The normalized spacial score (nSPS) is 23.4. The summed E-state index contributed by atoms with van der Waals surface area (Å²) in [5.74, 6) is -1.31. The van der Waals surface area contributed by atoms with Crippen LogP contribution in [0.5, 0.6) is 0 Å². The van der Waals surface area contributed by atoms with Gasteiger partial charge in [0.1, 0.15) is 17.0 Å². The number of carbonyl (C=O) groups is 2. The third-order valence-corrected chi connectivity index (χ3v) is 5.56. The second kappa shape index (κ2) is 6.01. The maximum absolute atomic E-state index is 12.0. The zero-order valence-electron chi connectivity index (χ0n) is 10.8. The summed E-state index contributed by atoms with van der Waals surface area (Å²) in [6, 6.07) is 0.950. The Bertz CT molecular complexity index is 528. The van der Waals surface area contributed by atoms with E-state index < -0.39 is 18.1 Å². The van der Waals surface area contributed by atoms with Crippen LogP contribution in [-0.2, 0) is 14.3 Å². The molecule has 5 nitrogen and oxygen atoms in total. The predicted octanol–water partition coefficient (Wildman–Crippen LogP) is 2.93. The second-order valence-corrected chi connectivity index (χ2v) is 7.22. The van der Waals surface area contributed by atoms with Crippen LogP contribution in [0.3, 0.4) is 0 Å². The highest BCUT2D eigenvalue weighted by Gasteiger charge is 2.43. The molecule has 8 heteroatoms. The number of rotatable bonds is 3. The number of carboxylic acids is 1. The number of carboxylic acid groups (broad SMARTS) is 1. The number of thiophene rings is 1. The number of ether oxygens (including phenoxy) is 1. The Balaban J connectivity index is 2.48. The van der Waals surface area contributed by atoms with E-state index in [1.165, 1.54) is 11.3 Å². The van der Waals surface area contributed by atoms with Crippen LogP contribution >= 0.6 is 38.9 Å². The number of aliphatic carboxylic acids is 1. The van der Waals surface area contributed by atoms with Crippen molar-refractivity contribution < 1.29 is 19.4 Å². The van der Waals surface area contributed by atoms with Gasteiger partial charge in [0.15, 0.2) is 6.10 Å². The van der Waals surface area contributed by atoms with Crippen LogP contribution in [-0.4, -0.2) is 40.6 Å². The molecule has 2 heterocycles. The number of morpholine rings is 1. The molecule has 1 aromatic heterocycles. The average Bonchev–Trinajstić information content (AvgIpc) is 2.68. The first-order valence-electron chi connectivity index (χ1n) is 5.93. The standard InChI is InChI=1S/C12H13BrClNO4S/c1-5(2)15-8(16)4-19-10(12(17)18)9(15)7-3-6(13)11(14)20-7/h3,5,9-10H,4H2,1-2H3,(H,17,18). The minimum Gasteiger partial charge on any atom is -0.479 e. The number of carbonyl (C=O) groups excluding carboxylic acids is 1. The first-order valence-corrected chi connectivity index (χ1v) is 7.92. The molecule has 0 saturated carbocycles. The lowest BCUT2D eigenvalue weighted by atomic mass is 10.0. The van der Waals surface area contributed by atoms with E-state index in [4.69, 9.17) is 16.3 Å². The molecule has 0 spiro atoms. The Morgan fingerprint density at radius 2 is 2.30 bits per heavy atom. The molecule has 0 radical (unpaired) electrons. The van der Waals surface area contributed by atoms with Crippen LogP contribution in [0.15, 0.2) is 10.5 Å². The van der Waals surface area contributed by atoms with Gasteiger partial charge in [-0.15, -0.1) is 11.3 Å². The van der Waals surface area contributed by atoms with Crippen molar-refractivity contribution >= 4 is 50.7 Å². The van der Waals surface area contributed by atoms with E-state index >= 15 is 0 Å². The zero-order valence-corrected chi connectivity index (χ0v) is 14.0. The Hall–Kier alpha value is -0.630. The lowest BCUT2D eigenvalue weighted by Crippen LogP contribution is -2.54. The van der Waals surface area contributed by atoms with Crippen LogP contribution in [0.2, 0.25) is 4.34 Å². The highest BCUT2D eigenvalue weighted by molar-refractivity contribution is 9.10. The van der Waals surface area contributed by atoms with Crippen LogP contribution in [0.1, 0.15) is 24.8 Å². The van der Waals surface area contributed by atoms with E-state index in [1.54, 1.807) is 11.0 Å². The van der Waals surface area contributed by atoms with Crippen molar-refractivity contribution in [1.29, 1.82) is 0 Å². The molecule has 1 amide bonds. The summed E-state index contributed by atoms with van der Waals surface area (Å²) in [6.07, 6.45) is -1.09. The topological polar surface area (TPSA) is 66.8 Å². The fourth-order valence-corrected chi connectivity index (χ4v) is 4.10. The number of halogens is 2. The Kier molecular flexibility index (Phi) is 4.73. The maximum Gasteiger partial charge on any atom is 0.335 e. The summed E-state index contributed by atoms with van der Waals surface area (Å²) in [7, 11) is 0. The van der Waals surface area contributed by atoms with Gasteiger partial charge in [-0.05, 0) is 35.8 Å². The van der Waals surface area contributed by atoms with Gasteiger partial charge in [0.25, 0.3) is 0 Å². The van der Waals surface area contributed by atoms with Gasteiger partial charge in [0.05, 0.1) is 0 Å². The second-order valence-electron chi connectivity index (χ2n) is 4.68. The predicted molar refractivity (Wildman–Crippen MR) is 79.1 cm³/mol. The molecule has 1 saturated heterocycles. The van der Waals surface area contributed by atoms with Crippen LogP contribution in [0.25, 0.3) is 0 Å². The van der Waals surface area contributed by atoms with E-state index in [1.807, 2.05) is 13.8 Å². The molecule has 1 aliphatic heterocycles. The average molecular weight is 383 g/mol. The lowest BCUT2D eigenvalue weighted by Gasteiger charge is -2.41. The van der Waals surface area contributed by atoms with Crippen molar-refractivity contribution in [2.75, 3.05) is 6.61 Å². The van der Waals surface area contributed by atoms with Gasteiger partial charge in [-0.1, -0.05) is 11.6 Å². The SMILES string of the molecule is CC(C)N1C(=O)COC(C(=O)O)C1c1cc(Br)c(Cl)s1. The summed E-state index contributed by atoms with van der Waals surface area (Å²) in [5.41, 5.74) is 0. The van der Waals surface area contributed by atoms with Gasteiger partial charge in [-0.25, -0.2) is 4.79 Å². The molecule has 20 heavy (non-hydrogen) atoms. The minimum atomic E-state index is -1.09. The highest BCUT2D eigenvalue weighted by atomic mass is 79.9. The molecule has 0 aliphatic carbocycles. The lowest BCUT2D eigenvalue weighted by molar-refractivity contribution is -0.175. The van der Waals surface area contributed by atoms with E-state index in [9.17, 15) is 14.7 Å². The van der Waals surface area contributed by atoms with Crippen LogP contribution in [0.4, 0.5) is 0 Å². The van der Waals surface area contributed by atoms with Crippen molar-refractivity contribution in [3.8, 4) is 0 Å². The van der Waals surface area contributed by atoms with Crippen LogP contribution in [0, 0.1) is 0 Å². The largest absolute Gasteiger partial charge is 0.479 e. The van der Waals surface area contributed by atoms with Gasteiger partial charge >= 0.3 is 5.97 Å². The molecule has 2 atom stereocenters. The number of amides is 1. The first-order chi connectivity index (χ1) is 9.32. The van der Waals surface area contributed by atoms with Crippen molar-refractivity contribution in [1.82, 2.24) is 4.90 Å².